The van der Waals surface area contributed by atoms with Gasteiger partial charge in [0.15, 0.2) is 0 Å². The monoisotopic (exact) mass is 282 g/mol. The Kier molecular flexibility index (Phi) is 5.16. The molecular weight excluding hydrogens is 264 g/mol. The van der Waals surface area contributed by atoms with Gasteiger partial charge in [-0.3, -0.25) is 0 Å². The van der Waals surface area contributed by atoms with E-state index in [0.29, 0.717) is 17.7 Å². The minimum absolute atomic E-state index is 0.321. The number of carbonyl (C=O) groups excluding carboxylic acids is 1. The van der Waals surface area contributed by atoms with Gasteiger partial charge in [-0.2, -0.15) is 0 Å². The minimum atomic E-state index is -0.353. The summed E-state index contributed by atoms with van der Waals surface area (Å²) in [6, 6.07) is 16.5. The highest BCUT2D eigenvalue weighted by molar-refractivity contribution is 5.89. The zero-order chi connectivity index (χ0) is 15.1. The Hall–Kier alpha value is -2.55. The quantitative estimate of drug-likeness (QED) is 0.589. The first kappa shape index (κ1) is 14.9. The molecule has 0 aromatic heterocycles. The van der Waals surface area contributed by atoms with Gasteiger partial charge in [0.1, 0.15) is 11.9 Å². The topological polar surface area (TPSA) is 35.5 Å². The maximum absolute atomic E-state index is 12.2. The van der Waals surface area contributed by atoms with Crippen molar-refractivity contribution >= 4 is 5.97 Å². The average molecular weight is 282 g/mol. The van der Waals surface area contributed by atoms with Gasteiger partial charge in [0.05, 0.1) is 12.7 Å². The number of benzene rings is 2. The summed E-state index contributed by atoms with van der Waals surface area (Å²) < 4.78 is 10.7. The Morgan fingerprint density at radius 3 is 2.38 bits per heavy atom. The fraction of sp³-hybridized carbons (Fsp3) is 0.167. The normalized spacial score (nSPS) is 11.5. The van der Waals surface area contributed by atoms with Crippen LogP contribution in [0.15, 0.2) is 67.3 Å². The van der Waals surface area contributed by atoms with Crippen molar-refractivity contribution < 1.29 is 14.3 Å². The summed E-state index contributed by atoms with van der Waals surface area (Å²) in [4.78, 5) is 12.2. The molecule has 2 aromatic rings. The SMILES string of the molecule is C=CCC(OC(=O)c1ccc(OC)cc1)c1ccccc1. The standard InChI is InChI=1S/C18H18O3/c1-3-7-17(14-8-5-4-6-9-14)21-18(19)15-10-12-16(20-2)13-11-15/h3-6,8-13,17H,1,7H2,2H3. The molecule has 1 atom stereocenters. The van der Waals surface area contributed by atoms with Crippen LogP contribution in [0.1, 0.15) is 28.4 Å². The molecule has 0 aliphatic rings. The second-order valence-electron chi connectivity index (χ2n) is 4.56. The van der Waals surface area contributed by atoms with E-state index < -0.39 is 0 Å². The zero-order valence-electron chi connectivity index (χ0n) is 12.0. The van der Waals surface area contributed by atoms with E-state index in [1.807, 2.05) is 30.3 Å². The third-order valence-electron chi connectivity index (χ3n) is 3.13. The summed E-state index contributed by atoms with van der Waals surface area (Å²) in [6.07, 6.45) is 2.00. The predicted molar refractivity (Wildman–Crippen MR) is 82.4 cm³/mol. The second kappa shape index (κ2) is 7.29. The molecule has 3 nitrogen and oxygen atoms in total. The first-order chi connectivity index (χ1) is 10.2. The van der Waals surface area contributed by atoms with Crippen molar-refractivity contribution in [1.82, 2.24) is 0 Å². The van der Waals surface area contributed by atoms with Crippen LogP contribution in [0.2, 0.25) is 0 Å². The number of esters is 1. The van der Waals surface area contributed by atoms with Gasteiger partial charge in [-0.25, -0.2) is 4.79 Å². The van der Waals surface area contributed by atoms with Gasteiger partial charge in [-0.15, -0.1) is 6.58 Å². The van der Waals surface area contributed by atoms with Crippen LogP contribution in [0.3, 0.4) is 0 Å². The number of methoxy groups -OCH3 is 1. The Bertz CT molecular complexity index is 588. The summed E-state index contributed by atoms with van der Waals surface area (Å²) in [5.74, 6) is 0.352. The van der Waals surface area contributed by atoms with Gasteiger partial charge in [-0.05, 0) is 29.8 Å². The lowest BCUT2D eigenvalue weighted by molar-refractivity contribution is 0.0303. The maximum atomic E-state index is 12.2. The molecule has 108 valence electrons. The van der Waals surface area contributed by atoms with Crippen molar-refractivity contribution in [2.75, 3.05) is 7.11 Å². The van der Waals surface area contributed by atoms with E-state index in [4.69, 9.17) is 9.47 Å². The van der Waals surface area contributed by atoms with E-state index >= 15 is 0 Å². The van der Waals surface area contributed by atoms with Gasteiger partial charge in [0.2, 0.25) is 0 Å². The molecular formula is C18H18O3. The van der Waals surface area contributed by atoms with Crippen molar-refractivity contribution in [3.05, 3.63) is 78.4 Å². The Labute approximate surface area is 124 Å². The lowest BCUT2D eigenvalue weighted by atomic mass is 10.1. The lowest BCUT2D eigenvalue weighted by Crippen LogP contribution is -2.11. The summed E-state index contributed by atoms with van der Waals surface area (Å²) in [5.41, 5.74) is 1.46. The molecule has 0 saturated carbocycles. The van der Waals surface area contributed by atoms with Gasteiger partial charge >= 0.3 is 5.97 Å². The number of hydrogen-bond donors (Lipinski definition) is 0. The van der Waals surface area contributed by atoms with Crippen molar-refractivity contribution in [3.8, 4) is 5.75 Å². The molecule has 0 spiro atoms. The molecule has 0 N–H and O–H groups in total. The van der Waals surface area contributed by atoms with E-state index in [1.165, 1.54) is 0 Å². The third kappa shape index (κ3) is 3.96. The molecule has 2 aromatic carbocycles. The molecule has 0 fully saturated rings. The van der Waals surface area contributed by atoms with Crippen molar-refractivity contribution in [3.63, 3.8) is 0 Å². The molecule has 0 aliphatic carbocycles. The molecule has 2 rings (SSSR count). The van der Waals surface area contributed by atoms with Gasteiger partial charge in [0.25, 0.3) is 0 Å². The fourth-order valence-corrected chi connectivity index (χ4v) is 2.00. The molecule has 0 saturated heterocycles. The van der Waals surface area contributed by atoms with E-state index in [9.17, 15) is 4.79 Å². The van der Waals surface area contributed by atoms with E-state index in [1.54, 1.807) is 37.5 Å². The highest BCUT2D eigenvalue weighted by Gasteiger charge is 2.16. The molecule has 0 radical (unpaired) electrons. The molecule has 0 amide bonds. The van der Waals surface area contributed by atoms with Gasteiger partial charge < -0.3 is 9.47 Å². The first-order valence-electron chi connectivity index (χ1n) is 6.75. The smallest absolute Gasteiger partial charge is 0.338 e. The second-order valence-corrected chi connectivity index (χ2v) is 4.56. The Morgan fingerprint density at radius 1 is 1.14 bits per heavy atom. The van der Waals surface area contributed by atoms with Gasteiger partial charge in [-0.1, -0.05) is 36.4 Å². The van der Waals surface area contributed by atoms with Crippen LogP contribution < -0.4 is 4.74 Å². The van der Waals surface area contributed by atoms with Crippen LogP contribution in [0.5, 0.6) is 5.75 Å². The summed E-state index contributed by atoms with van der Waals surface area (Å²) in [5, 5.41) is 0. The lowest BCUT2D eigenvalue weighted by Gasteiger charge is -2.17. The van der Waals surface area contributed by atoms with E-state index in [2.05, 4.69) is 6.58 Å². The van der Waals surface area contributed by atoms with Crippen LogP contribution in [-0.2, 0) is 4.74 Å². The van der Waals surface area contributed by atoms with Crippen LogP contribution in [-0.4, -0.2) is 13.1 Å². The molecule has 0 aliphatic heterocycles. The molecule has 0 heterocycles. The number of carbonyl (C=O) groups is 1. The van der Waals surface area contributed by atoms with Crippen molar-refractivity contribution in [2.24, 2.45) is 0 Å². The van der Waals surface area contributed by atoms with Crippen LogP contribution in [0.4, 0.5) is 0 Å². The minimum Gasteiger partial charge on any atom is -0.497 e. The van der Waals surface area contributed by atoms with Crippen LogP contribution in [0, 0.1) is 0 Å². The molecule has 0 bridgehead atoms. The van der Waals surface area contributed by atoms with Crippen LogP contribution in [0.25, 0.3) is 0 Å². The van der Waals surface area contributed by atoms with E-state index in [0.717, 1.165) is 5.56 Å². The first-order valence-corrected chi connectivity index (χ1v) is 6.75. The Morgan fingerprint density at radius 2 is 1.81 bits per heavy atom. The fourth-order valence-electron chi connectivity index (χ4n) is 2.00. The Balaban J connectivity index is 2.12. The van der Waals surface area contributed by atoms with Crippen molar-refractivity contribution in [1.29, 1.82) is 0 Å². The van der Waals surface area contributed by atoms with Gasteiger partial charge in [0, 0.05) is 6.42 Å². The van der Waals surface area contributed by atoms with Crippen LogP contribution >= 0.6 is 0 Å². The summed E-state index contributed by atoms with van der Waals surface area (Å²) >= 11 is 0. The third-order valence-corrected chi connectivity index (χ3v) is 3.13. The largest absolute Gasteiger partial charge is 0.497 e. The molecule has 1 unspecified atom stereocenters. The van der Waals surface area contributed by atoms with Crippen molar-refractivity contribution in [2.45, 2.75) is 12.5 Å². The number of hydrogen-bond acceptors (Lipinski definition) is 3. The molecule has 21 heavy (non-hydrogen) atoms. The maximum Gasteiger partial charge on any atom is 0.338 e. The number of ether oxygens (including phenoxy) is 2. The summed E-state index contributed by atoms with van der Waals surface area (Å²) in [7, 11) is 1.59. The highest BCUT2D eigenvalue weighted by Crippen LogP contribution is 2.23. The van der Waals surface area contributed by atoms with E-state index in [-0.39, 0.29) is 12.1 Å². The molecule has 3 heteroatoms. The average Bonchev–Trinajstić information content (AvgIpc) is 2.55. The predicted octanol–water partition coefficient (Wildman–Crippen LogP) is 4.17. The number of rotatable bonds is 6. The zero-order valence-corrected chi connectivity index (χ0v) is 12.0. The summed E-state index contributed by atoms with van der Waals surface area (Å²) in [6.45, 7) is 3.72. The highest BCUT2D eigenvalue weighted by atomic mass is 16.5.